The van der Waals surface area contributed by atoms with Gasteiger partial charge in [0.25, 0.3) is 10.4 Å². The molecule has 4 nitrogen and oxygen atoms in total. The minimum atomic E-state index is -0.639. The van der Waals surface area contributed by atoms with E-state index >= 15 is 0 Å². The molecule has 4 N–H and O–H groups in total. The van der Waals surface area contributed by atoms with Crippen molar-refractivity contribution in [3.63, 3.8) is 0 Å². The quantitative estimate of drug-likeness (QED) is 0.116. The zero-order chi connectivity index (χ0) is 21.2. The van der Waals surface area contributed by atoms with Gasteiger partial charge in [-0.3, -0.25) is 4.79 Å². The molecule has 164 valence electrons. The van der Waals surface area contributed by atoms with Gasteiger partial charge in [-0.15, -0.1) is 0 Å². The fourth-order valence-corrected chi connectivity index (χ4v) is 3.25. The van der Waals surface area contributed by atoms with Gasteiger partial charge < -0.3 is 19.1 Å². The number of ether oxygens (including phenoxy) is 1. The summed E-state index contributed by atoms with van der Waals surface area (Å²) in [5.74, 6) is 0.865. The van der Waals surface area contributed by atoms with Crippen molar-refractivity contribution in [2.75, 3.05) is 0 Å². The van der Waals surface area contributed by atoms with Crippen LogP contribution in [0, 0.1) is 0 Å². The minimum Gasteiger partial charge on any atom is -1.00 e. The molecular formula is C22H40BaN2O2S2. The second kappa shape index (κ2) is 21.5. The number of carbonyl (C=O) groups excluding carboxylic acids is 1. The molecule has 1 aromatic carbocycles. The SMILES string of the molecule is CCCCCCCc1cccc(OC(N)=S)c1CCCCCCC.NC(=O)S.[Ba+2].[H-].[H-]. The van der Waals surface area contributed by atoms with Gasteiger partial charge >= 0.3 is 48.9 Å². The molecule has 1 aromatic rings. The average molecular weight is 566 g/mol. The van der Waals surface area contributed by atoms with Gasteiger partial charge in [-0.25, -0.2) is 0 Å². The molecule has 0 aliphatic rings. The van der Waals surface area contributed by atoms with E-state index in [2.05, 4.69) is 44.3 Å². The second-order valence-electron chi connectivity index (χ2n) is 6.98. The fourth-order valence-electron chi connectivity index (χ4n) is 3.16. The summed E-state index contributed by atoms with van der Waals surface area (Å²) >= 11 is 8.05. The molecule has 0 atom stereocenters. The third-order valence-electron chi connectivity index (χ3n) is 4.52. The van der Waals surface area contributed by atoms with Gasteiger partial charge in [0.2, 0.25) is 0 Å². The van der Waals surface area contributed by atoms with Crippen LogP contribution in [0.3, 0.4) is 0 Å². The van der Waals surface area contributed by atoms with Crippen LogP contribution in [0.4, 0.5) is 4.79 Å². The molecule has 0 bridgehead atoms. The second-order valence-corrected chi connectivity index (χ2v) is 7.82. The molecule has 0 saturated carbocycles. The number of rotatable bonds is 13. The summed E-state index contributed by atoms with van der Waals surface area (Å²) < 4.78 is 5.62. The van der Waals surface area contributed by atoms with Crippen LogP contribution in [0.25, 0.3) is 0 Å². The Kier molecular flexibility index (Phi) is 23.4. The van der Waals surface area contributed by atoms with E-state index < -0.39 is 5.24 Å². The Morgan fingerprint density at radius 2 is 1.45 bits per heavy atom. The van der Waals surface area contributed by atoms with Crippen molar-refractivity contribution >= 4 is 84.1 Å². The molecule has 0 unspecified atom stereocenters. The van der Waals surface area contributed by atoms with Crippen molar-refractivity contribution in [2.24, 2.45) is 11.5 Å². The predicted octanol–water partition coefficient (Wildman–Crippen LogP) is 6.17. The molecule has 7 heteroatoms. The van der Waals surface area contributed by atoms with Crippen molar-refractivity contribution in [2.45, 2.75) is 90.9 Å². The maximum absolute atomic E-state index is 9.09. The number of amides is 1. The van der Waals surface area contributed by atoms with Crippen LogP contribution in [-0.2, 0) is 12.8 Å². The van der Waals surface area contributed by atoms with E-state index in [-0.39, 0.29) is 56.9 Å². The number of hydrogen-bond donors (Lipinski definition) is 3. The molecule has 0 spiro atoms. The third kappa shape index (κ3) is 18.8. The van der Waals surface area contributed by atoms with E-state index in [9.17, 15) is 0 Å². The summed E-state index contributed by atoms with van der Waals surface area (Å²) in [5.41, 5.74) is 12.7. The van der Waals surface area contributed by atoms with Crippen molar-refractivity contribution in [3.8, 4) is 5.75 Å². The summed E-state index contributed by atoms with van der Waals surface area (Å²) in [4.78, 5) is 9.09. The van der Waals surface area contributed by atoms with Crippen molar-refractivity contribution in [1.29, 1.82) is 0 Å². The van der Waals surface area contributed by atoms with Crippen molar-refractivity contribution in [3.05, 3.63) is 29.3 Å². The summed E-state index contributed by atoms with van der Waals surface area (Å²) in [6.45, 7) is 4.51. The first-order valence-electron chi connectivity index (χ1n) is 10.5. The fraction of sp³-hybridized carbons (Fsp3) is 0.636. The minimum absolute atomic E-state index is 0. The molecule has 1 rings (SSSR count). The average Bonchev–Trinajstić information content (AvgIpc) is 2.62. The van der Waals surface area contributed by atoms with Gasteiger partial charge in [0.15, 0.2) is 0 Å². The molecule has 0 aromatic heterocycles. The van der Waals surface area contributed by atoms with Gasteiger partial charge in [-0.2, -0.15) is 0 Å². The smallest absolute Gasteiger partial charge is 1.00 e. The van der Waals surface area contributed by atoms with Crippen molar-refractivity contribution < 1.29 is 12.4 Å². The third-order valence-corrected chi connectivity index (χ3v) is 4.60. The summed E-state index contributed by atoms with van der Waals surface area (Å²) in [6, 6.07) is 6.31. The van der Waals surface area contributed by atoms with Crippen LogP contribution in [0.1, 0.15) is 92.0 Å². The number of nitrogens with two attached hydrogens (primary N) is 2. The zero-order valence-corrected chi connectivity index (χ0v) is 24.4. The van der Waals surface area contributed by atoms with Crippen LogP contribution >= 0.6 is 24.8 Å². The molecular weight excluding hydrogens is 526 g/mol. The van der Waals surface area contributed by atoms with Crippen LogP contribution in [0.2, 0.25) is 0 Å². The van der Waals surface area contributed by atoms with E-state index in [4.69, 9.17) is 27.5 Å². The van der Waals surface area contributed by atoms with Gasteiger partial charge in [-0.05, 0) is 55.1 Å². The van der Waals surface area contributed by atoms with Gasteiger partial charge in [0, 0.05) is 0 Å². The Morgan fingerprint density at radius 1 is 0.966 bits per heavy atom. The van der Waals surface area contributed by atoms with Crippen LogP contribution in [0.5, 0.6) is 5.75 Å². The number of benzene rings is 1. The van der Waals surface area contributed by atoms with Gasteiger partial charge in [0.05, 0.1) is 0 Å². The number of carbonyl (C=O) groups is 1. The van der Waals surface area contributed by atoms with Crippen molar-refractivity contribution in [1.82, 2.24) is 0 Å². The summed E-state index contributed by atoms with van der Waals surface area (Å²) in [5, 5.41) is -0.526. The Hall–Kier alpha value is 0.301. The van der Waals surface area contributed by atoms with E-state index in [1.54, 1.807) is 0 Å². The van der Waals surface area contributed by atoms with E-state index in [1.165, 1.54) is 75.3 Å². The number of primary amides is 1. The topological polar surface area (TPSA) is 78.3 Å². The molecule has 1 amide bonds. The number of thiol groups is 1. The Labute approximate surface area is 231 Å². The summed E-state index contributed by atoms with van der Waals surface area (Å²) in [6.07, 6.45) is 15.1. The van der Waals surface area contributed by atoms with Crippen LogP contribution in [0.15, 0.2) is 18.2 Å². The Bertz CT molecular complexity index is 578. The number of aryl methyl sites for hydroxylation is 1. The first-order chi connectivity index (χ1) is 13.4. The van der Waals surface area contributed by atoms with Gasteiger partial charge in [0.1, 0.15) is 5.75 Å². The van der Waals surface area contributed by atoms with E-state index in [0.29, 0.717) is 0 Å². The largest absolute Gasteiger partial charge is 2.00 e. The summed E-state index contributed by atoms with van der Waals surface area (Å²) in [7, 11) is 0. The molecule has 0 fully saturated rings. The normalized spacial score (nSPS) is 9.76. The first kappa shape index (κ1) is 31.5. The number of thiocarbonyl (C=S) groups is 1. The molecule has 0 aliphatic heterocycles. The maximum atomic E-state index is 9.09. The predicted molar refractivity (Wildman–Crippen MR) is 135 cm³/mol. The zero-order valence-electron chi connectivity index (χ0n) is 20.3. The molecule has 29 heavy (non-hydrogen) atoms. The number of unbranched alkanes of at least 4 members (excludes halogenated alkanes) is 8. The molecule has 0 heterocycles. The first-order valence-corrected chi connectivity index (χ1v) is 11.3. The van der Waals surface area contributed by atoms with Gasteiger partial charge in [-0.1, -0.05) is 90.0 Å². The molecule has 0 saturated heterocycles. The molecule has 0 radical (unpaired) electrons. The maximum Gasteiger partial charge on any atom is 2.00 e. The monoisotopic (exact) mass is 566 g/mol. The Balaban J connectivity index is -0.000000478. The number of hydrogen-bond acceptors (Lipinski definition) is 3. The van der Waals surface area contributed by atoms with E-state index in [0.717, 1.165) is 18.6 Å². The van der Waals surface area contributed by atoms with Crippen LogP contribution < -0.4 is 16.2 Å². The Morgan fingerprint density at radius 3 is 1.93 bits per heavy atom. The van der Waals surface area contributed by atoms with E-state index in [1.807, 2.05) is 6.07 Å². The molecule has 0 aliphatic carbocycles. The van der Waals surface area contributed by atoms with Crippen LogP contribution in [-0.4, -0.2) is 59.3 Å². The standard InChI is InChI=1S/C21H35NOS.CH3NOS.Ba.2H/c1-3-5-7-9-11-14-18-15-13-17-20(23-21(22)24)19(18)16-12-10-8-6-4-2;2-1(3)4;;;/h13,15,17H,3-12,14,16H2,1-2H3,(H2,22,24);(H3,2,3,4);;;/q;;+2;2*-1.